The lowest BCUT2D eigenvalue weighted by Crippen LogP contribution is -2.40. The molecule has 0 bridgehead atoms. The third-order valence-electron chi connectivity index (χ3n) is 13.2. The van der Waals surface area contributed by atoms with Crippen LogP contribution >= 0.6 is 0 Å². The maximum absolute atomic E-state index is 13.6. The normalized spacial score (nSPS) is 12.2. The number of amides is 1. The average molecular weight is 974 g/mol. The van der Waals surface area contributed by atoms with E-state index in [-0.39, 0.29) is 49.1 Å². The smallest absolute Gasteiger partial charge is 0.306 e. The minimum absolute atomic E-state index is 0.0336. The van der Waals surface area contributed by atoms with Gasteiger partial charge in [0.25, 0.3) is 0 Å². The summed E-state index contributed by atoms with van der Waals surface area (Å²) in [6.07, 6.45) is 49.4. The van der Waals surface area contributed by atoms with Crippen molar-refractivity contribution in [2.24, 2.45) is 5.92 Å². The molecule has 0 rings (SSSR count). The third-order valence-corrected chi connectivity index (χ3v) is 13.2. The molecule has 0 heterocycles. The number of carbonyl (C=O) groups is 4. The predicted octanol–water partition coefficient (Wildman–Crippen LogP) is 16.4. The van der Waals surface area contributed by atoms with Crippen molar-refractivity contribution >= 4 is 23.8 Å². The second-order valence-electron chi connectivity index (χ2n) is 20.5. The number of hydrogen-bond donors (Lipinski definition) is 0. The number of nitrogens with zero attached hydrogens (tertiary/aromatic N) is 2. The van der Waals surface area contributed by atoms with Crippen molar-refractivity contribution in [3.8, 4) is 0 Å². The van der Waals surface area contributed by atoms with E-state index in [0.717, 1.165) is 122 Å². The molecule has 0 saturated carbocycles. The van der Waals surface area contributed by atoms with E-state index in [4.69, 9.17) is 14.2 Å². The molecule has 0 N–H and O–H groups in total. The van der Waals surface area contributed by atoms with Crippen molar-refractivity contribution in [3.05, 3.63) is 24.3 Å². The Morgan fingerprint density at radius 1 is 0.420 bits per heavy atom. The summed E-state index contributed by atoms with van der Waals surface area (Å²) in [6.45, 7) is 11.0. The molecule has 0 aliphatic rings. The molecule has 404 valence electrons. The van der Waals surface area contributed by atoms with Gasteiger partial charge in [0, 0.05) is 44.7 Å². The number of esters is 3. The summed E-state index contributed by atoms with van der Waals surface area (Å²) < 4.78 is 17.7. The average Bonchev–Trinajstić information content (AvgIpc) is 3.33. The van der Waals surface area contributed by atoms with E-state index >= 15 is 0 Å². The summed E-state index contributed by atoms with van der Waals surface area (Å²) in [5.74, 6) is -0.770. The van der Waals surface area contributed by atoms with Gasteiger partial charge in [0.1, 0.15) is 6.10 Å². The predicted molar refractivity (Wildman–Crippen MR) is 291 cm³/mol. The van der Waals surface area contributed by atoms with Crippen LogP contribution in [0.5, 0.6) is 0 Å². The molecule has 0 aromatic carbocycles. The van der Waals surface area contributed by atoms with Crippen LogP contribution in [0.2, 0.25) is 0 Å². The molecular formula is C60H112N2O7. The van der Waals surface area contributed by atoms with Crippen molar-refractivity contribution in [1.82, 2.24) is 9.80 Å². The van der Waals surface area contributed by atoms with E-state index in [9.17, 15) is 19.2 Å². The minimum atomic E-state index is -0.303. The lowest BCUT2D eigenvalue weighted by Gasteiger charge is -2.28. The Hall–Kier alpha value is -2.68. The zero-order valence-corrected chi connectivity index (χ0v) is 46.3. The number of carbonyl (C=O) groups excluding carboxylic acids is 4. The number of rotatable bonds is 52. The highest BCUT2D eigenvalue weighted by atomic mass is 16.5. The molecule has 0 aliphatic carbocycles. The molecule has 1 unspecified atom stereocenters. The van der Waals surface area contributed by atoms with E-state index < -0.39 is 0 Å². The molecule has 0 spiro atoms. The first-order valence-electron chi connectivity index (χ1n) is 29.4. The van der Waals surface area contributed by atoms with Crippen LogP contribution in [0.15, 0.2) is 24.3 Å². The molecule has 1 amide bonds. The maximum Gasteiger partial charge on any atom is 0.306 e. The summed E-state index contributed by atoms with van der Waals surface area (Å²) in [4.78, 5) is 56.5. The fourth-order valence-electron chi connectivity index (χ4n) is 8.75. The Kier molecular flexibility index (Phi) is 49.7. The van der Waals surface area contributed by atoms with Gasteiger partial charge in [-0.2, -0.15) is 0 Å². The monoisotopic (exact) mass is 973 g/mol. The molecule has 9 nitrogen and oxygen atoms in total. The van der Waals surface area contributed by atoms with E-state index in [1.54, 1.807) is 0 Å². The van der Waals surface area contributed by atoms with Gasteiger partial charge < -0.3 is 24.0 Å². The second kappa shape index (κ2) is 51.7. The van der Waals surface area contributed by atoms with Gasteiger partial charge in [-0.15, -0.1) is 0 Å². The third kappa shape index (κ3) is 47.4. The van der Waals surface area contributed by atoms with Crippen LogP contribution in [-0.2, 0) is 33.4 Å². The van der Waals surface area contributed by atoms with E-state index in [1.807, 2.05) is 19.0 Å². The van der Waals surface area contributed by atoms with Gasteiger partial charge in [0.2, 0.25) is 5.91 Å². The van der Waals surface area contributed by atoms with Crippen LogP contribution in [0.25, 0.3) is 0 Å². The fraction of sp³-hybridized carbons (Fsp3) is 0.867. The molecular weight excluding hydrogens is 861 g/mol. The maximum atomic E-state index is 13.6. The number of allylic oxidation sites excluding steroid dienone is 4. The Labute approximate surface area is 426 Å². The first-order valence-corrected chi connectivity index (χ1v) is 29.4. The van der Waals surface area contributed by atoms with Crippen LogP contribution in [0, 0.1) is 5.92 Å². The SMILES string of the molecule is CCCCC/C=C\C/C=C\CCCCCCCC(=O)OCC(COC(=O)CCCCCCC(=O)OC(CCCCCCCC)CCCCCCCC)CN(CCCN(C)C)C(=O)CCCCCCC. The first kappa shape index (κ1) is 66.3. The summed E-state index contributed by atoms with van der Waals surface area (Å²) >= 11 is 0. The Balaban J connectivity index is 5.04. The highest BCUT2D eigenvalue weighted by Crippen LogP contribution is 2.19. The van der Waals surface area contributed by atoms with Crippen LogP contribution < -0.4 is 0 Å². The molecule has 0 aromatic heterocycles. The Bertz CT molecular complexity index is 1220. The van der Waals surface area contributed by atoms with Crippen molar-refractivity contribution < 1.29 is 33.4 Å². The number of ether oxygens (including phenoxy) is 3. The fourth-order valence-corrected chi connectivity index (χ4v) is 8.75. The van der Waals surface area contributed by atoms with Crippen LogP contribution in [0.1, 0.15) is 278 Å². The lowest BCUT2D eigenvalue weighted by molar-refractivity contribution is -0.151. The van der Waals surface area contributed by atoms with Gasteiger partial charge in [-0.1, -0.05) is 187 Å². The van der Waals surface area contributed by atoms with Crippen LogP contribution in [-0.4, -0.2) is 86.7 Å². The van der Waals surface area contributed by atoms with E-state index in [1.165, 1.54) is 103 Å². The zero-order valence-electron chi connectivity index (χ0n) is 46.3. The van der Waals surface area contributed by atoms with E-state index in [0.29, 0.717) is 45.2 Å². The Morgan fingerprint density at radius 3 is 1.29 bits per heavy atom. The first-order chi connectivity index (χ1) is 33.7. The standard InChI is InChI=1S/C60H112N2O7/c1-7-11-15-19-22-23-24-25-26-27-28-29-30-34-40-47-58(64)67-53-55(52-62(51-43-50-61(5)6)57(63)46-39-31-18-14-10-4)54-68-59(65)48-41-35-36-42-49-60(66)69-56(44-37-32-20-16-12-8-2)45-38-33-21-17-13-9-3/h22-23,25-26,55-56H,7-21,24,27-54H2,1-6H3/b23-22-,26-25-. The Morgan fingerprint density at radius 2 is 0.812 bits per heavy atom. The molecule has 0 saturated heterocycles. The summed E-state index contributed by atoms with van der Waals surface area (Å²) in [5, 5.41) is 0. The van der Waals surface area contributed by atoms with Crippen molar-refractivity contribution in [3.63, 3.8) is 0 Å². The van der Waals surface area contributed by atoms with Gasteiger partial charge in [-0.3, -0.25) is 19.2 Å². The molecule has 9 heteroatoms. The van der Waals surface area contributed by atoms with Crippen molar-refractivity contribution in [2.75, 3.05) is 46.9 Å². The quantitative estimate of drug-likeness (QED) is 0.0257. The van der Waals surface area contributed by atoms with Crippen LogP contribution in [0.3, 0.4) is 0 Å². The molecule has 1 atom stereocenters. The molecule has 0 aromatic rings. The summed E-state index contributed by atoms with van der Waals surface area (Å²) in [6, 6.07) is 0. The van der Waals surface area contributed by atoms with Crippen LogP contribution in [0.4, 0.5) is 0 Å². The second-order valence-corrected chi connectivity index (χ2v) is 20.5. The van der Waals surface area contributed by atoms with Crippen molar-refractivity contribution in [1.29, 1.82) is 0 Å². The highest BCUT2D eigenvalue weighted by molar-refractivity contribution is 5.76. The number of hydrogen-bond acceptors (Lipinski definition) is 8. The molecule has 0 radical (unpaired) electrons. The molecule has 0 fully saturated rings. The number of unbranched alkanes of at least 4 members (excludes halogenated alkanes) is 25. The summed E-state index contributed by atoms with van der Waals surface area (Å²) in [7, 11) is 4.07. The topological polar surface area (TPSA) is 102 Å². The minimum Gasteiger partial charge on any atom is -0.465 e. The highest BCUT2D eigenvalue weighted by Gasteiger charge is 2.22. The van der Waals surface area contributed by atoms with Gasteiger partial charge in [0.15, 0.2) is 0 Å². The largest absolute Gasteiger partial charge is 0.465 e. The zero-order chi connectivity index (χ0) is 50.7. The van der Waals surface area contributed by atoms with Gasteiger partial charge in [0.05, 0.1) is 13.2 Å². The van der Waals surface area contributed by atoms with Crippen molar-refractivity contribution in [2.45, 2.75) is 284 Å². The van der Waals surface area contributed by atoms with Gasteiger partial charge in [-0.05, 0) is 111 Å². The van der Waals surface area contributed by atoms with E-state index in [2.05, 4.69) is 56.9 Å². The van der Waals surface area contributed by atoms with Gasteiger partial charge >= 0.3 is 17.9 Å². The van der Waals surface area contributed by atoms with Gasteiger partial charge in [-0.25, -0.2) is 0 Å². The summed E-state index contributed by atoms with van der Waals surface area (Å²) in [5.41, 5.74) is 0. The lowest BCUT2D eigenvalue weighted by atomic mass is 10.0. The molecule has 69 heavy (non-hydrogen) atoms. The molecule has 0 aliphatic heterocycles.